The van der Waals surface area contributed by atoms with Crippen LogP contribution in [0.5, 0.6) is 5.75 Å². The molecule has 0 aliphatic heterocycles. The molecule has 2 aromatic rings. The van der Waals surface area contributed by atoms with Crippen LogP contribution in [-0.2, 0) is 26.2 Å². The molecule has 190 valence electrons. The van der Waals surface area contributed by atoms with Gasteiger partial charge in [-0.3, -0.25) is 9.59 Å². The van der Waals surface area contributed by atoms with Crippen LogP contribution in [0.4, 0.5) is 0 Å². The fourth-order valence-corrected chi connectivity index (χ4v) is 5.28. The van der Waals surface area contributed by atoms with Gasteiger partial charge in [0.2, 0.25) is 21.8 Å². The van der Waals surface area contributed by atoms with Gasteiger partial charge < -0.3 is 15.0 Å². The predicted octanol–water partition coefficient (Wildman–Crippen LogP) is 3.10. The minimum Gasteiger partial charge on any atom is -0.497 e. The van der Waals surface area contributed by atoms with Crippen molar-refractivity contribution in [1.29, 1.82) is 0 Å². The molecular weight excluding hydrogens is 466 g/mol. The van der Waals surface area contributed by atoms with Gasteiger partial charge in [0.1, 0.15) is 11.8 Å². The van der Waals surface area contributed by atoms with Gasteiger partial charge in [0.15, 0.2) is 0 Å². The summed E-state index contributed by atoms with van der Waals surface area (Å²) in [7, 11) is -0.911. The summed E-state index contributed by atoms with van der Waals surface area (Å²) < 4.78 is 32.3. The maximum atomic E-state index is 13.4. The minimum absolute atomic E-state index is 0.118. The summed E-state index contributed by atoms with van der Waals surface area (Å²) in [6.07, 6.45) is 4.02. The number of amides is 2. The number of rotatable bonds is 10. The van der Waals surface area contributed by atoms with Crippen LogP contribution >= 0.6 is 0 Å². The van der Waals surface area contributed by atoms with Crippen molar-refractivity contribution in [3.05, 3.63) is 59.7 Å². The molecule has 0 unspecified atom stereocenters. The molecule has 8 nitrogen and oxygen atoms in total. The summed E-state index contributed by atoms with van der Waals surface area (Å²) in [5.41, 5.74) is 1.75. The Morgan fingerprint density at radius 1 is 1.06 bits per heavy atom. The number of ether oxygens (including phenoxy) is 1. The first kappa shape index (κ1) is 26.7. The average Bonchev–Trinajstić information content (AvgIpc) is 3.35. The second-order valence-electron chi connectivity index (χ2n) is 9.11. The van der Waals surface area contributed by atoms with E-state index in [1.807, 2.05) is 19.1 Å². The largest absolute Gasteiger partial charge is 0.497 e. The zero-order valence-electron chi connectivity index (χ0n) is 20.9. The van der Waals surface area contributed by atoms with Crippen LogP contribution in [0.3, 0.4) is 0 Å². The molecule has 2 aromatic carbocycles. The summed E-state index contributed by atoms with van der Waals surface area (Å²) in [5, 5.41) is 3.05. The lowest BCUT2D eigenvalue weighted by Gasteiger charge is -2.31. The molecule has 1 saturated carbocycles. The third kappa shape index (κ3) is 6.82. The Morgan fingerprint density at radius 3 is 2.23 bits per heavy atom. The number of carbonyl (C=O) groups excluding carboxylic acids is 2. The highest BCUT2D eigenvalue weighted by atomic mass is 32.2. The number of likely N-dealkylation sites (N-methyl/N-ethyl adjacent to an activating group) is 1. The molecule has 0 spiro atoms. The first-order chi connectivity index (χ1) is 16.6. The van der Waals surface area contributed by atoms with Crippen molar-refractivity contribution < 1.29 is 22.7 Å². The van der Waals surface area contributed by atoms with Gasteiger partial charge in [0.05, 0.1) is 18.6 Å². The number of methoxy groups -OCH3 is 1. The Labute approximate surface area is 208 Å². The van der Waals surface area contributed by atoms with Gasteiger partial charge >= 0.3 is 0 Å². The summed E-state index contributed by atoms with van der Waals surface area (Å²) in [5.74, 6) is -0.00143. The smallest absolute Gasteiger partial charge is 0.243 e. The van der Waals surface area contributed by atoms with E-state index in [1.165, 1.54) is 24.1 Å². The zero-order chi connectivity index (χ0) is 25.6. The Balaban J connectivity index is 1.79. The molecule has 1 fully saturated rings. The molecule has 1 N–H and O–H groups in total. The van der Waals surface area contributed by atoms with Crippen molar-refractivity contribution in [2.45, 2.75) is 63.1 Å². The van der Waals surface area contributed by atoms with Gasteiger partial charge in [0.25, 0.3) is 0 Å². The number of benzene rings is 2. The second-order valence-corrected chi connectivity index (χ2v) is 11.2. The third-order valence-corrected chi connectivity index (χ3v) is 8.29. The third-order valence-electron chi connectivity index (χ3n) is 6.47. The maximum Gasteiger partial charge on any atom is 0.243 e. The van der Waals surface area contributed by atoms with E-state index in [2.05, 4.69) is 5.32 Å². The number of nitrogens with one attached hydrogen (secondary N) is 1. The molecule has 2 amide bonds. The standard InChI is InChI=1S/C26H35N3O5S/c1-19-9-15-24(16-10-19)35(32,33)28(3)18-25(30)29(17-21-11-13-23(34-4)14-12-21)20(2)26(31)27-22-7-5-6-8-22/h9-16,20,22H,5-8,17-18H2,1-4H3,(H,27,31)/t20-/m0/s1. The summed E-state index contributed by atoms with van der Waals surface area (Å²) >= 11 is 0. The molecule has 1 aliphatic rings. The Bertz CT molecular complexity index is 1110. The van der Waals surface area contributed by atoms with E-state index < -0.39 is 22.0 Å². The average molecular weight is 502 g/mol. The molecule has 1 atom stereocenters. The van der Waals surface area contributed by atoms with Crippen LogP contribution in [0.2, 0.25) is 0 Å². The van der Waals surface area contributed by atoms with Crippen molar-refractivity contribution in [3.63, 3.8) is 0 Å². The van der Waals surface area contributed by atoms with Crippen LogP contribution in [0.1, 0.15) is 43.7 Å². The van der Waals surface area contributed by atoms with E-state index in [-0.39, 0.29) is 29.9 Å². The Kier molecular flexibility index (Phi) is 8.91. The van der Waals surface area contributed by atoms with Crippen LogP contribution in [0.15, 0.2) is 53.4 Å². The fraction of sp³-hybridized carbons (Fsp3) is 0.462. The van der Waals surface area contributed by atoms with E-state index in [0.29, 0.717) is 5.75 Å². The van der Waals surface area contributed by atoms with E-state index in [1.54, 1.807) is 38.3 Å². The van der Waals surface area contributed by atoms with Crippen molar-refractivity contribution >= 4 is 21.8 Å². The predicted molar refractivity (Wildman–Crippen MR) is 134 cm³/mol. The highest BCUT2D eigenvalue weighted by molar-refractivity contribution is 7.89. The summed E-state index contributed by atoms with van der Waals surface area (Å²) in [6, 6.07) is 13.1. The molecule has 1 aliphatic carbocycles. The van der Waals surface area contributed by atoms with Crippen LogP contribution < -0.4 is 10.1 Å². The highest BCUT2D eigenvalue weighted by Gasteiger charge is 2.31. The zero-order valence-corrected chi connectivity index (χ0v) is 21.7. The van der Waals surface area contributed by atoms with Crippen LogP contribution in [0, 0.1) is 6.92 Å². The van der Waals surface area contributed by atoms with Gasteiger partial charge in [-0.1, -0.05) is 42.7 Å². The second kappa shape index (κ2) is 11.7. The lowest BCUT2D eigenvalue weighted by Crippen LogP contribution is -2.52. The maximum absolute atomic E-state index is 13.4. The van der Waals surface area contributed by atoms with Crippen LogP contribution in [0.25, 0.3) is 0 Å². The van der Waals surface area contributed by atoms with Gasteiger partial charge in [-0.05, 0) is 56.5 Å². The topological polar surface area (TPSA) is 96.0 Å². The number of hydrogen-bond donors (Lipinski definition) is 1. The monoisotopic (exact) mass is 501 g/mol. The van der Waals surface area contributed by atoms with E-state index in [4.69, 9.17) is 4.74 Å². The summed E-state index contributed by atoms with van der Waals surface area (Å²) in [6.45, 7) is 3.34. The SMILES string of the molecule is COc1ccc(CN(C(=O)CN(C)S(=O)(=O)c2ccc(C)cc2)[C@@H](C)C(=O)NC2CCCC2)cc1. The van der Waals surface area contributed by atoms with Gasteiger partial charge in [0, 0.05) is 19.6 Å². The van der Waals surface area contributed by atoms with Crippen molar-refractivity contribution in [2.24, 2.45) is 0 Å². The van der Waals surface area contributed by atoms with E-state index in [9.17, 15) is 18.0 Å². The van der Waals surface area contributed by atoms with Crippen molar-refractivity contribution in [3.8, 4) is 5.75 Å². The number of nitrogens with zero attached hydrogens (tertiary/aromatic N) is 2. The molecule has 0 radical (unpaired) electrons. The molecule has 0 saturated heterocycles. The van der Waals surface area contributed by atoms with E-state index in [0.717, 1.165) is 41.1 Å². The van der Waals surface area contributed by atoms with E-state index >= 15 is 0 Å². The van der Waals surface area contributed by atoms with Gasteiger partial charge in [-0.2, -0.15) is 4.31 Å². The number of sulfonamides is 1. The lowest BCUT2D eigenvalue weighted by molar-refractivity contribution is -0.140. The molecule has 35 heavy (non-hydrogen) atoms. The molecular formula is C26H35N3O5S. The normalized spacial score (nSPS) is 15.1. The Hall–Kier alpha value is -2.91. The van der Waals surface area contributed by atoms with Crippen LogP contribution in [-0.4, -0.2) is 62.2 Å². The molecule has 0 heterocycles. The van der Waals surface area contributed by atoms with Crippen molar-refractivity contribution in [1.82, 2.24) is 14.5 Å². The summed E-state index contributed by atoms with van der Waals surface area (Å²) in [4.78, 5) is 28.0. The number of carbonyl (C=O) groups is 2. The lowest BCUT2D eigenvalue weighted by atomic mass is 10.1. The number of hydrogen-bond acceptors (Lipinski definition) is 5. The number of aryl methyl sites for hydroxylation is 1. The quantitative estimate of drug-likeness (QED) is 0.540. The first-order valence-electron chi connectivity index (χ1n) is 11.9. The highest BCUT2D eigenvalue weighted by Crippen LogP contribution is 2.20. The minimum atomic E-state index is -3.86. The molecule has 3 rings (SSSR count). The fourth-order valence-electron chi connectivity index (χ4n) is 4.16. The van der Waals surface area contributed by atoms with Gasteiger partial charge in [-0.15, -0.1) is 0 Å². The molecule has 9 heteroatoms. The van der Waals surface area contributed by atoms with Crippen molar-refractivity contribution in [2.75, 3.05) is 20.7 Å². The first-order valence-corrected chi connectivity index (χ1v) is 13.3. The molecule has 0 aromatic heterocycles. The molecule has 0 bridgehead atoms. The van der Waals surface area contributed by atoms with Gasteiger partial charge in [-0.25, -0.2) is 8.42 Å². The Morgan fingerprint density at radius 2 is 1.66 bits per heavy atom.